The second-order valence-electron chi connectivity index (χ2n) is 18.0. The number of likely N-dealkylation sites (tertiary alicyclic amines) is 1. The van der Waals surface area contributed by atoms with Crippen molar-refractivity contribution in [2.24, 2.45) is 5.92 Å². The largest absolute Gasteiger partial charge is 0.496 e. The van der Waals surface area contributed by atoms with Crippen molar-refractivity contribution in [3.05, 3.63) is 106 Å². The molecule has 15 nitrogen and oxygen atoms in total. The molecule has 3 aromatic carbocycles. The van der Waals surface area contributed by atoms with Gasteiger partial charge in [0.15, 0.2) is 5.11 Å². The van der Waals surface area contributed by atoms with Gasteiger partial charge in [0.05, 0.1) is 64.8 Å². The van der Waals surface area contributed by atoms with E-state index in [1.807, 2.05) is 45.0 Å². The predicted molar refractivity (Wildman–Crippen MR) is 259 cm³/mol. The zero-order valence-corrected chi connectivity index (χ0v) is 41.0. The zero-order chi connectivity index (χ0) is 50.5. The molecular formula is C50H54F3N7O8S2. The number of carbonyl (C=O) groups excluding carboxylic acids is 4. The van der Waals surface area contributed by atoms with Crippen molar-refractivity contribution in [3.8, 4) is 22.3 Å². The lowest BCUT2D eigenvalue weighted by Crippen LogP contribution is -2.55. The third-order valence-electron chi connectivity index (χ3n) is 12.3. The summed E-state index contributed by atoms with van der Waals surface area (Å²) in [6, 6.07) is 17.4. The molecule has 0 aliphatic carbocycles. The number of β-amino-alcohol motifs (C(OH)–C–C–N with tert-alkyl or cyclic N) is 1. The van der Waals surface area contributed by atoms with Gasteiger partial charge in [-0.05, 0) is 92.5 Å². The summed E-state index contributed by atoms with van der Waals surface area (Å²) in [7, 11) is 0. The number of nitriles is 1. The number of rotatable bonds is 19. The summed E-state index contributed by atoms with van der Waals surface area (Å²) in [4.78, 5) is 65.2. The Morgan fingerprint density at radius 3 is 2.30 bits per heavy atom. The summed E-state index contributed by atoms with van der Waals surface area (Å²) in [6.07, 6.45) is -3.14. The third-order valence-corrected chi connectivity index (χ3v) is 13.6. The van der Waals surface area contributed by atoms with Crippen molar-refractivity contribution in [1.82, 2.24) is 20.1 Å². The molecule has 0 radical (unpaired) electrons. The number of ether oxygens (including phenoxy) is 3. The van der Waals surface area contributed by atoms with Crippen molar-refractivity contribution in [2.75, 3.05) is 49.3 Å². The van der Waals surface area contributed by atoms with Gasteiger partial charge in [-0.25, -0.2) is 4.98 Å². The molecule has 4 aromatic rings. The van der Waals surface area contributed by atoms with E-state index in [0.29, 0.717) is 49.9 Å². The summed E-state index contributed by atoms with van der Waals surface area (Å²) in [5.74, 6) is -1.03. The van der Waals surface area contributed by atoms with E-state index >= 15 is 0 Å². The van der Waals surface area contributed by atoms with Gasteiger partial charge in [-0.1, -0.05) is 38.1 Å². The number of carbonyl (C=O) groups is 4. The molecule has 4 amide bonds. The molecule has 70 heavy (non-hydrogen) atoms. The molecule has 3 atom stereocenters. The van der Waals surface area contributed by atoms with E-state index < -0.39 is 52.8 Å². The van der Waals surface area contributed by atoms with Crippen LogP contribution in [0.2, 0.25) is 0 Å². The molecule has 1 aromatic heterocycles. The van der Waals surface area contributed by atoms with Crippen LogP contribution in [0.25, 0.3) is 10.4 Å². The minimum absolute atomic E-state index is 0.0132. The fraction of sp³-hybridized carbons (Fsp3) is 0.420. The predicted octanol–water partition coefficient (Wildman–Crippen LogP) is 7.15. The first kappa shape index (κ1) is 51.5. The lowest BCUT2D eigenvalue weighted by molar-refractivity contribution is -0.147. The fourth-order valence-electron chi connectivity index (χ4n) is 8.72. The number of nitrogens with zero attached hydrogens (tertiary/aromatic N) is 6. The van der Waals surface area contributed by atoms with Gasteiger partial charge in [0.2, 0.25) is 11.8 Å². The van der Waals surface area contributed by atoms with E-state index in [1.165, 1.54) is 21.9 Å². The van der Waals surface area contributed by atoms with Gasteiger partial charge < -0.3 is 39.3 Å². The monoisotopic (exact) mass is 1000 g/mol. The standard InChI is InChI=1S/C50H54F3N7O8S2/c1-30(2)43(46(64)57-27-37(61)23-41(57)45(63)55-26-32-8-10-33(11-9-32)44-31(3)56-29-70-44)58-28-39(24-42(58)62)68-21-7-19-66-18-6-20-67-38-16-14-35(15-17-38)60-48(69)59(47(65)49(60,4)5)36-13-12-34(25-54)40(22-36)50(51,52)53/h8-17,22,24,29-30,37,41,43,61H,6-7,18-21,23,26-28H2,1-5H3,(H,55,63)/t37-,41+,43+/m1/s1. The highest BCUT2D eigenvalue weighted by molar-refractivity contribution is 7.81. The number of nitrogens with one attached hydrogen (secondary N) is 1. The number of aliphatic hydroxyl groups excluding tert-OH is 1. The summed E-state index contributed by atoms with van der Waals surface area (Å²) >= 11 is 7.18. The smallest absolute Gasteiger partial charge is 0.417 e. The number of alkyl halides is 3. The third kappa shape index (κ3) is 11.3. The molecule has 0 spiro atoms. The molecule has 0 bridgehead atoms. The molecule has 370 valence electrons. The van der Waals surface area contributed by atoms with Crippen LogP contribution in [0.1, 0.15) is 69.3 Å². The molecular weight excluding hydrogens is 948 g/mol. The van der Waals surface area contributed by atoms with Crippen LogP contribution in [-0.4, -0.2) is 112 Å². The van der Waals surface area contributed by atoms with Crippen LogP contribution in [0.15, 0.2) is 84.1 Å². The van der Waals surface area contributed by atoms with Gasteiger partial charge in [0.1, 0.15) is 29.1 Å². The molecule has 2 fully saturated rings. The van der Waals surface area contributed by atoms with Gasteiger partial charge in [0, 0.05) is 57.3 Å². The SMILES string of the molecule is Cc1ncsc1-c1ccc(CNC(=O)[C@@H]2C[C@@H](O)CN2C(=O)[C@H](C(C)C)N2CC(OCCCOCCCOc3ccc(N4C(=S)N(c5ccc(C#N)c(C(F)(F)F)c5)C(=O)C4(C)C)cc3)=CC2=O)cc1. The summed E-state index contributed by atoms with van der Waals surface area (Å²) in [6.45, 7) is 10.6. The Labute approximate surface area is 413 Å². The van der Waals surface area contributed by atoms with Crippen LogP contribution in [0.3, 0.4) is 0 Å². The first-order chi connectivity index (χ1) is 33.3. The number of anilines is 2. The Morgan fingerprint density at radius 1 is 1.00 bits per heavy atom. The normalized spacial score (nSPS) is 18.4. The lowest BCUT2D eigenvalue weighted by Gasteiger charge is -2.35. The number of hydrogen-bond donors (Lipinski definition) is 2. The molecule has 20 heteroatoms. The van der Waals surface area contributed by atoms with E-state index in [1.54, 1.807) is 65.9 Å². The highest BCUT2D eigenvalue weighted by atomic mass is 32.1. The van der Waals surface area contributed by atoms with Gasteiger partial charge in [-0.15, -0.1) is 11.3 Å². The number of thiocarbonyl (C=S) groups is 1. The molecule has 3 aliphatic rings. The molecule has 7 rings (SSSR count). The Bertz CT molecular complexity index is 2670. The van der Waals surface area contributed by atoms with Crippen molar-refractivity contribution < 1.29 is 51.7 Å². The van der Waals surface area contributed by atoms with Gasteiger partial charge in [0.25, 0.3) is 11.8 Å². The van der Waals surface area contributed by atoms with E-state index in [9.17, 15) is 42.7 Å². The molecule has 0 saturated carbocycles. The van der Waals surface area contributed by atoms with Crippen LogP contribution >= 0.6 is 23.6 Å². The van der Waals surface area contributed by atoms with Gasteiger partial charge >= 0.3 is 6.18 Å². The number of aryl methyl sites for hydroxylation is 1. The van der Waals surface area contributed by atoms with Crippen LogP contribution in [0, 0.1) is 24.2 Å². The number of halogens is 3. The number of aliphatic hydroxyl groups is 1. The fourth-order valence-corrected chi connectivity index (χ4v) is 10.1. The second-order valence-corrected chi connectivity index (χ2v) is 19.2. The summed E-state index contributed by atoms with van der Waals surface area (Å²) < 4.78 is 58.7. The van der Waals surface area contributed by atoms with Gasteiger partial charge in [-0.2, -0.15) is 18.4 Å². The van der Waals surface area contributed by atoms with Crippen LogP contribution in [-0.2, 0) is 41.4 Å². The molecule has 3 aliphatic heterocycles. The maximum absolute atomic E-state index is 14.1. The van der Waals surface area contributed by atoms with Gasteiger partial charge in [-0.3, -0.25) is 24.1 Å². The average molecular weight is 1000 g/mol. The number of amides is 4. The van der Waals surface area contributed by atoms with E-state index in [4.69, 9.17) is 26.4 Å². The van der Waals surface area contributed by atoms with E-state index in [2.05, 4.69) is 10.3 Å². The number of benzene rings is 3. The minimum atomic E-state index is -4.81. The first-order valence-corrected chi connectivity index (χ1v) is 24.1. The van der Waals surface area contributed by atoms with E-state index in [-0.39, 0.29) is 61.2 Å². The minimum Gasteiger partial charge on any atom is -0.496 e. The van der Waals surface area contributed by atoms with Crippen LogP contribution in [0.5, 0.6) is 5.75 Å². The van der Waals surface area contributed by atoms with Crippen molar-refractivity contribution in [1.29, 1.82) is 5.26 Å². The maximum atomic E-state index is 14.1. The quantitative estimate of drug-likeness (QED) is 0.0718. The summed E-state index contributed by atoms with van der Waals surface area (Å²) in [5, 5.41) is 22.7. The molecule has 2 saturated heterocycles. The number of thiazole rings is 1. The first-order valence-electron chi connectivity index (χ1n) is 22.8. The lowest BCUT2D eigenvalue weighted by atomic mass is 10.0. The highest BCUT2D eigenvalue weighted by Gasteiger charge is 2.51. The summed E-state index contributed by atoms with van der Waals surface area (Å²) in [5.41, 5.74) is 2.15. The Balaban J connectivity index is 0.814. The Morgan fingerprint density at radius 2 is 1.67 bits per heavy atom. The Kier molecular flexibility index (Phi) is 16.0. The molecule has 2 N–H and O–H groups in total. The van der Waals surface area contributed by atoms with Crippen molar-refractivity contribution in [3.63, 3.8) is 0 Å². The zero-order valence-electron chi connectivity index (χ0n) is 39.3. The highest BCUT2D eigenvalue weighted by Crippen LogP contribution is 2.40. The Hall–Kier alpha value is -6.40. The topological polar surface area (TPSA) is 178 Å². The average Bonchev–Trinajstić information content (AvgIpc) is 4.08. The maximum Gasteiger partial charge on any atom is 0.417 e. The van der Waals surface area contributed by atoms with Crippen LogP contribution in [0.4, 0.5) is 24.5 Å². The van der Waals surface area contributed by atoms with Crippen molar-refractivity contribution in [2.45, 2.75) is 90.3 Å². The second kappa shape index (κ2) is 21.7. The number of aromatic nitrogens is 1. The molecule has 4 heterocycles. The van der Waals surface area contributed by atoms with Crippen molar-refractivity contribution >= 4 is 63.7 Å². The van der Waals surface area contributed by atoms with Crippen LogP contribution < -0.4 is 19.9 Å². The molecule has 0 unspecified atom stereocenters. The van der Waals surface area contributed by atoms with E-state index in [0.717, 1.165) is 38.7 Å². The number of hydrogen-bond acceptors (Lipinski definition) is 12.